The molecule has 138 valence electrons. The van der Waals surface area contributed by atoms with Crippen molar-refractivity contribution in [3.8, 4) is 0 Å². The summed E-state index contributed by atoms with van der Waals surface area (Å²) in [4.78, 5) is 45.3. The summed E-state index contributed by atoms with van der Waals surface area (Å²) in [6.07, 6.45) is 0. The van der Waals surface area contributed by atoms with Crippen molar-refractivity contribution in [3.63, 3.8) is 0 Å². The standard InChI is InChI=1S/C20H20N4O3/c1-2-24(18(25)12-21-19(26)14-8-4-3-5-9-14)13-17-22-16-11-7-6-10-15(16)20(27)23-17/h3-11H,2,12-13H2,1H3,(H,21,26)(H,22,23,27). The van der Waals surface area contributed by atoms with Crippen molar-refractivity contribution in [3.05, 3.63) is 76.3 Å². The Bertz CT molecular complexity index is 1010. The lowest BCUT2D eigenvalue weighted by Crippen LogP contribution is -2.40. The summed E-state index contributed by atoms with van der Waals surface area (Å²) in [5.41, 5.74) is 0.836. The highest BCUT2D eigenvalue weighted by Crippen LogP contribution is 2.07. The van der Waals surface area contributed by atoms with Gasteiger partial charge in [0.1, 0.15) is 5.82 Å². The molecule has 1 aromatic heterocycles. The van der Waals surface area contributed by atoms with Gasteiger partial charge in [-0.15, -0.1) is 0 Å². The average Bonchev–Trinajstić information content (AvgIpc) is 2.70. The van der Waals surface area contributed by atoms with Gasteiger partial charge in [-0.05, 0) is 31.2 Å². The van der Waals surface area contributed by atoms with Crippen LogP contribution in [0.1, 0.15) is 23.1 Å². The van der Waals surface area contributed by atoms with Crippen LogP contribution >= 0.6 is 0 Å². The molecule has 0 saturated carbocycles. The quantitative estimate of drug-likeness (QED) is 0.696. The highest BCUT2D eigenvalue weighted by molar-refractivity contribution is 5.96. The molecular weight excluding hydrogens is 344 g/mol. The maximum atomic E-state index is 12.5. The first-order valence-electron chi connectivity index (χ1n) is 8.67. The van der Waals surface area contributed by atoms with E-state index in [9.17, 15) is 14.4 Å². The van der Waals surface area contributed by atoms with Gasteiger partial charge in [-0.1, -0.05) is 30.3 Å². The summed E-state index contributed by atoms with van der Waals surface area (Å²) >= 11 is 0. The maximum Gasteiger partial charge on any atom is 0.258 e. The molecule has 0 bridgehead atoms. The van der Waals surface area contributed by atoms with E-state index < -0.39 is 0 Å². The van der Waals surface area contributed by atoms with Gasteiger partial charge in [0, 0.05) is 12.1 Å². The maximum absolute atomic E-state index is 12.5. The highest BCUT2D eigenvalue weighted by atomic mass is 16.2. The van der Waals surface area contributed by atoms with Gasteiger partial charge in [0.25, 0.3) is 11.5 Å². The Morgan fingerprint density at radius 3 is 2.52 bits per heavy atom. The molecule has 2 N–H and O–H groups in total. The van der Waals surface area contributed by atoms with Gasteiger partial charge in [-0.3, -0.25) is 14.4 Å². The van der Waals surface area contributed by atoms with Gasteiger partial charge in [-0.25, -0.2) is 4.98 Å². The summed E-state index contributed by atoms with van der Waals surface area (Å²) in [5, 5.41) is 3.12. The molecule has 0 atom stereocenters. The fraction of sp³-hybridized carbons (Fsp3) is 0.200. The lowest BCUT2D eigenvalue weighted by atomic mass is 10.2. The molecule has 1 heterocycles. The van der Waals surface area contributed by atoms with Crippen molar-refractivity contribution >= 4 is 22.7 Å². The number of benzene rings is 2. The minimum Gasteiger partial charge on any atom is -0.343 e. The number of fused-ring (bicyclic) bond motifs is 1. The first-order chi connectivity index (χ1) is 13.1. The van der Waals surface area contributed by atoms with Crippen LogP contribution in [0.5, 0.6) is 0 Å². The molecule has 0 unspecified atom stereocenters. The van der Waals surface area contributed by atoms with E-state index in [2.05, 4.69) is 15.3 Å². The van der Waals surface area contributed by atoms with Gasteiger partial charge < -0.3 is 15.2 Å². The van der Waals surface area contributed by atoms with Crippen molar-refractivity contribution in [2.45, 2.75) is 13.5 Å². The molecule has 3 rings (SSSR count). The zero-order chi connectivity index (χ0) is 19.2. The number of H-pyrrole nitrogens is 1. The van der Waals surface area contributed by atoms with E-state index >= 15 is 0 Å². The largest absolute Gasteiger partial charge is 0.343 e. The first-order valence-corrected chi connectivity index (χ1v) is 8.67. The molecule has 0 aliphatic carbocycles. The smallest absolute Gasteiger partial charge is 0.258 e. The molecule has 0 spiro atoms. The Morgan fingerprint density at radius 2 is 1.78 bits per heavy atom. The Kier molecular flexibility index (Phi) is 5.61. The molecule has 0 fully saturated rings. The molecule has 7 heteroatoms. The monoisotopic (exact) mass is 364 g/mol. The number of rotatable bonds is 6. The van der Waals surface area contributed by atoms with E-state index in [-0.39, 0.29) is 30.5 Å². The van der Waals surface area contributed by atoms with Gasteiger partial charge in [0.05, 0.1) is 24.0 Å². The Morgan fingerprint density at radius 1 is 1.07 bits per heavy atom. The predicted octanol–water partition coefficient (Wildman–Crippen LogP) is 1.70. The molecule has 27 heavy (non-hydrogen) atoms. The number of carbonyl (C=O) groups excluding carboxylic acids is 2. The molecule has 3 aromatic rings. The Balaban J connectivity index is 1.67. The third kappa shape index (κ3) is 4.38. The number of aromatic amines is 1. The van der Waals surface area contributed by atoms with Crippen molar-refractivity contribution < 1.29 is 9.59 Å². The van der Waals surface area contributed by atoms with E-state index in [1.807, 2.05) is 13.0 Å². The fourth-order valence-corrected chi connectivity index (χ4v) is 2.73. The van der Waals surface area contributed by atoms with Crippen LogP contribution in [-0.2, 0) is 11.3 Å². The molecule has 0 aliphatic heterocycles. The molecule has 7 nitrogen and oxygen atoms in total. The van der Waals surface area contributed by atoms with E-state index in [1.54, 1.807) is 48.5 Å². The Hall–Kier alpha value is -3.48. The summed E-state index contributed by atoms with van der Waals surface area (Å²) in [6, 6.07) is 15.7. The number of likely N-dealkylation sites (N-methyl/N-ethyl adjacent to an activating group) is 1. The highest BCUT2D eigenvalue weighted by Gasteiger charge is 2.15. The average molecular weight is 364 g/mol. The Labute approximate surface area is 156 Å². The van der Waals surface area contributed by atoms with Crippen LogP contribution in [0, 0.1) is 0 Å². The number of hydrogen-bond donors (Lipinski definition) is 2. The lowest BCUT2D eigenvalue weighted by Gasteiger charge is -2.20. The number of para-hydroxylation sites is 1. The second kappa shape index (κ2) is 8.27. The first kappa shape index (κ1) is 18.3. The van der Waals surface area contributed by atoms with Crippen molar-refractivity contribution in [1.82, 2.24) is 20.2 Å². The molecule has 0 radical (unpaired) electrons. The number of nitrogens with one attached hydrogen (secondary N) is 2. The SMILES string of the molecule is CCN(Cc1nc2ccccc2c(=O)[nH]1)C(=O)CNC(=O)c1ccccc1. The molecular formula is C20H20N4O3. The number of carbonyl (C=O) groups is 2. The van der Waals surface area contributed by atoms with E-state index in [0.29, 0.717) is 28.8 Å². The minimum atomic E-state index is -0.308. The molecule has 0 aliphatic rings. The lowest BCUT2D eigenvalue weighted by molar-refractivity contribution is -0.130. The van der Waals surface area contributed by atoms with Crippen LogP contribution in [0.4, 0.5) is 0 Å². The minimum absolute atomic E-state index is 0.126. The third-order valence-electron chi connectivity index (χ3n) is 4.17. The predicted molar refractivity (Wildman–Crippen MR) is 102 cm³/mol. The van der Waals surface area contributed by atoms with Gasteiger partial charge in [-0.2, -0.15) is 0 Å². The van der Waals surface area contributed by atoms with Gasteiger partial charge in [0.15, 0.2) is 0 Å². The van der Waals surface area contributed by atoms with Crippen LogP contribution in [0.25, 0.3) is 10.9 Å². The molecule has 2 aromatic carbocycles. The van der Waals surface area contributed by atoms with Gasteiger partial charge >= 0.3 is 0 Å². The van der Waals surface area contributed by atoms with E-state index in [0.717, 1.165) is 0 Å². The fourth-order valence-electron chi connectivity index (χ4n) is 2.73. The molecule has 2 amide bonds. The van der Waals surface area contributed by atoms with Crippen molar-refractivity contribution in [1.29, 1.82) is 0 Å². The van der Waals surface area contributed by atoms with Crippen molar-refractivity contribution in [2.24, 2.45) is 0 Å². The zero-order valence-corrected chi connectivity index (χ0v) is 14.9. The number of amides is 2. The summed E-state index contributed by atoms with van der Waals surface area (Å²) in [7, 11) is 0. The van der Waals surface area contributed by atoms with Crippen LogP contribution < -0.4 is 10.9 Å². The summed E-state index contributed by atoms with van der Waals surface area (Å²) < 4.78 is 0. The second-order valence-electron chi connectivity index (χ2n) is 5.99. The van der Waals surface area contributed by atoms with Crippen LogP contribution in [-0.4, -0.2) is 39.8 Å². The van der Waals surface area contributed by atoms with Crippen LogP contribution in [0.3, 0.4) is 0 Å². The van der Waals surface area contributed by atoms with E-state index in [1.165, 1.54) is 4.90 Å². The molecule has 0 saturated heterocycles. The summed E-state index contributed by atoms with van der Waals surface area (Å²) in [6.45, 7) is 2.29. The second-order valence-corrected chi connectivity index (χ2v) is 5.99. The topological polar surface area (TPSA) is 95.2 Å². The van der Waals surface area contributed by atoms with Gasteiger partial charge in [0.2, 0.25) is 5.91 Å². The van der Waals surface area contributed by atoms with Crippen molar-refractivity contribution in [2.75, 3.05) is 13.1 Å². The van der Waals surface area contributed by atoms with E-state index in [4.69, 9.17) is 0 Å². The zero-order valence-electron chi connectivity index (χ0n) is 14.9. The third-order valence-corrected chi connectivity index (χ3v) is 4.17. The normalized spacial score (nSPS) is 10.6. The number of nitrogens with zero attached hydrogens (tertiary/aromatic N) is 2. The van der Waals surface area contributed by atoms with Crippen LogP contribution in [0.2, 0.25) is 0 Å². The summed E-state index contributed by atoms with van der Waals surface area (Å²) in [5.74, 6) is -0.155. The number of aromatic nitrogens is 2. The number of hydrogen-bond acceptors (Lipinski definition) is 4. The van der Waals surface area contributed by atoms with Crippen LogP contribution in [0.15, 0.2) is 59.4 Å².